The zero-order chi connectivity index (χ0) is 17.1. The summed E-state index contributed by atoms with van der Waals surface area (Å²) in [5.74, 6) is -3.10. The van der Waals surface area contributed by atoms with Crippen molar-refractivity contribution < 1.29 is 27.5 Å². The van der Waals surface area contributed by atoms with Crippen LogP contribution in [0.4, 0.5) is 13.2 Å². The minimum atomic E-state index is -5.07. The lowest BCUT2D eigenvalue weighted by molar-refractivity contribution is -0.176. The summed E-state index contributed by atoms with van der Waals surface area (Å²) in [4.78, 5) is 23.2. The fraction of sp³-hybridized carbons (Fsp3) is 0.467. The Kier molecular flexibility index (Phi) is 5.57. The number of rotatable bonds is 4. The number of hydrogen-bond donors (Lipinski definition) is 1. The number of nitrogens with one attached hydrogen (secondary N) is 1. The minimum absolute atomic E-state index is 0.00117. The predicted octanol–water partition coefficient (Wildman–Crippen LogP) is 2.89. The molecule has 0 heterocycles. The number of carbonyl (C=O) groups is 2. The lowest BCUT2D eigenvalue weighted by Crippen LogP contribution is -2.43. The molecule has 1 rings (SSSR count). The van der Waals surface area contributed by atoms with E-state index in [0.717, 1.165) is 5.56 Å². The maximum absolute atomic E-state index is 12.5. The molecule has 1 aromatic rings. The number of ether oxygens (including phenoxy) is 1. The topological polar surface area (TPSA) is 55.4 Å². The summed E-state index contributed by atoms with van der Waals surface area (Å²) < 4.78 is 42.2. The number of carbonyl (C=O) groups excluding carboxylic acids is 2. The molecule has 4 nitrogen and oxygen atoms in total. The molecule has 0 aliphatic heterocycles. The molecular formula is C15H18F3NO3. The molecule has 1 N–H and O–H groups in total. The van der Waals surface area contributed by atoms with E-state index in [1.54, 1.807) is 31.3 Å². The molecule has 0 radical (unpaired) electrons. The van der Waals surface area contributed by atoms with E-state index < -0.39 is 24.1 Å². The van der Waals surface area contributed by atoms with E-state index in [4.69, 9.17) is 4.74 Å². The maximum atomic E-state index is 12.5. The van der Waals surface area contributed by atoms with Crippen molar-refractivity contribution >= 4 is 11.9 Å². The van der Waals surface area contributed by atoms with Crippen LogP contribution in [0.3, 0.4) is 0 Å². The molecule has 1 atom stereocenters. The van der Waals surface area contributed by atoms with E-state index >= 15 is 0 Å². The first kappa shape index (κ1) is 18.0. The van der Waals surface area contributed by atoms with Gasteiger partial charge in [0.1, 0.15) is 0 Å². The van der Waals surface area contributed by atoms with Gasteiger partial charge in [0.05, 0.1) is 6.61 Å². The number of halogens is 3. The Morgan fingerprint density at radius 2 is 1.68 bits per heavy atom. The number of aryl methyl sites for hydroxylation is 3. The number of esters is 1. The van der Waals surface area contributed by atoms with Gasteiger partial charge in [-0.1, -0.05) is 17.7 Å². The highest BCUT2D eigenvalue weighted by Crippen LogP contribution is 2.26. The minimum Gasteiger partial charge on any atom is -0.464 e. The van der Waals surface area contributed by atoms with Gasteiger partial charge in [0.15, 0.2) is 6.04 Å². The third kappa shape index (κ3) is 4.22. The number of amides is 1. The first-order valence-electron chi connectivity index (χ1n) is 6.70. The fourth-order valence-corrected chi connectivity index (χ4v) is 2.33. The van der Waals surface area contributed by atoms with Crippen LogP contribution >= 0.6 is 0 Å². The maximum Gasteiger partial charge on any atom is 0.471 e. The lowest BCUT2D eigenvalue weighted by atomic mass is 9.94. The summed E-state index contributed by atoms with van der Waals surface area (Å²) >= 11 is 0. The number of alkyl halides is 3. The molecule has 1 amide bonds. The molecule has 1 unspecified atom stereocenters. The molecule has 0 spiro atoms. The van der Waals surface area contributed by atoms with Gasteiger partial charge in [-0.3, -0.25) is 4.79 Å². The van der Waals surface area contributed by atoms with Gasteiger partial charge in [-0.15, -0.1) is 0 Å². The van der Waals surface area contributed by atoms with Gasteiger partial charge in [-0.05, 0) is 44.4 Å². The van der Waals surface area contributed by atoms with Crippen molar-refractivity contribution in [3.8, 4) is 0 Å². The van der Waals surface area contributed by atoms with Crippen LogP contribution in [-0.4, -0.2) is 24.7 Å². The van der Waals surface area contributed by atoms with Crippen molar-refractivity contribution in [3.63, 3.8) is 0 Å². The highest BCUT2D eigenvalue weighted by Gasteiger charge is 2.42. The first-order chi connectivity index (χ1) is 10.1. The molecule has 0 aromatic heterocycles. The van der Waals surface area contributed by atoms with Gasteiger partial charge in [0, 0.05) is 0 Å². The Morgan fingerprint density at radius 3 is 2.09 bits per heavy atom. The smallest absolute Gasteiger partial charge is 0.464 e. The monoisotopic (exact) mass is 317 g/mol. The van der Waals surface area contributed by atoms with Crippen LogP contribution in [0.2, 0.25) is 0 Å². The van der Waals surface area contributed by atoms with E-state index in [1.165, 1.54) is 6.92 Å². The third-order valence-electron chi connectivity index (χ3n) is 3.08. The normalized spacial score (nSPS) is 12.7. The highest BCUT2D eigenvalue weighted by atomic mass is 19.4. The molecule has 0 fully saturated rings. The first-order valence-corrected chi connectivity index (χ1v) is 6.70. The second kappa shape index (κ2) is 6.81. The molecule has 7 heteroatoms. The van der Waals surface area contributed by atoms with Crippen LogP contribution < -0.4 is 5.32 Å². The summed E-state index contributed by atoms with van der Waals surface area (Å²) in [7, 11) is 0. The van der Waals surface area contributed by atoms with Crippen molar-refractivity contribution in [2.45, 2.75) is 39.9 Å². The van der Waals surface area contributed by atoms with E-state index in [1.807, 2.05) is 6.92 Å². The van der Waals surface area contributed by atoms with Gasteiger partial charge in [0.2, 0.25) is 0 Å². The molecule has 0 saturated heterocycles. The quantitative estimate of drug-likeness (QED) is 0.869. The van der Waals surface area contributed by atoms with Crippen LogP contribution in [0.1, 0.15) is 35.2 Å². The van der Waals surface area contributed by atoms with Crippen molar-refractivity contribution in [3.05, 3.63) is 34.4 Å². The molecule has 22 heavy (non-hydrogen) atoms. The largest absolute Gasteiger partial charge is 0.471 e. The van der Waals surface area contributed by atoms with Crippen LogP contribution in [0.25, 0.3) is 0 Å². The SMILES string of the molecule is CCOC(=O)C(NC(=O)C(F)(F)F)c1c(C)cc(C)cc1C. The summed E-state index contributed by atoms with van der Waals surface area (Å²) in [6.07, 6.45) is -5.07. The highest BCUT2D eigenvalue weighted by molar-refractivity contribution is 5.88. The Balaban J connectivity index is 3.28. The number of benzene rings is 1. The standard InChI is InChI=1S/C15H18F3NO3/c1-5-22-13(20)12(19-14(21)15(16,17)18)11-9(3)6-8(2)7-10(11)4/h6-7,12H,5H2,1-4H3,(H,19,21). The molecule has 122 valence electrons. The fourth-order valence-electron chi connectivity index (χ4n) is 2.33. The third-order valence-corrected chi connectivity index (χ3v) is 3.08. The summed E-state index contributed by atoms with van der Waals surface area (Å²) in [5.41, 5.74) is 2.45. The van der Waals surface area contributed by atoms with Crippen molar-refractivity contribution in [2.24, 2.45) is 0 Å². The lowest BCUT2D eigenvalue weighted by Gasteiger charge is -2.22. The van der Waals surface area contributed by atoms with Crippen molar-refractivity contribution in [1.29, 1.82) is 0 Å². The molecule has 0 aliphatic rings. The number of hydrogen-bond acceptors (Lipinski definition) is 3. The average Bonchev–Trinajstić information content (AvgIpc) is 2.35. The van der Waals surface area contributed by atoms with E-state index in [9.17, 15) is 22.8 Å². The van der Waals surface area contributed by atoms with E-state index in [-0.39, 0.29) is 6.61 Å². The Bertz CT molecular complexity index is 559. The summed E-state index contributed by atoms with van der Waals surface area (Å²) in [5, 5.41) is 1.72. The van der Waals surface area contributed by atoms with Crippen LogP contribution in [-0.2, 0) is 14.3 Å². The van der Waals surface area contributed by atoms with Crippen LogP contribution in [0.5, 0.6) is 0 Å². The summed E-state index contributed by atoms with van der Waals surface area (Å²) in [6, 6.07) is 1.97. The molecule has 0 bridgehead atoms. The van der Waals surface area contributed by atoms with Crippen molar-refractivity contribution in [1.82, 2.24) is 5.32 Å². The summed E-state index contributed by atoms with van der Waals surface area (Å²) in [6.45, 7) is 6.70. The predicted molar refractivity (Wildman–Crippen MR) is 74.2 cm³/mol. The zero-order valence-electron chi connectivity index (χ0n) is 12.8. The van der Waals surface area contributed by atoms with Crippen molar-refractivity contribution in [2.75, 3.05) is 6.61 Å². The molecule has 0 saturated carbocycles. The zero-order valence-corrected chi connectivity index (χ0v) is 12.8. The van der Waals surface area contributed by atoms with Gasteiger partial charge < -0.3 is 10.1 Å². The second-order valence-corrected chi connectivity index (χ2v) is 4.97. The van der Waals surface area contributed by atoms with Gasteiger partial charge >= 0.3 is 18.1 Å². The molecule has 1 aromatic carbocycles. The van der Waals surface area contributed by atoms with Gasteiger partial charge in [-0.25, -0.2) is 4.79 Å². The van der Waals surface area contributed by atoms with E-state index in [0.29, 0.717) is 16.7 Å². The second-order valence-electron chi connectivity index (χ2n) is 4.97. The Hall–Kier alpha value is -2.05. The Labute approximate surface area is 126 Å². The molecular weight excluding hydrogens is 299 g/mol. The van der Waals surface area contributed by atoms with Gasteiger partial charge in [0.25, 0.3) is 0 Å². The molecule has 0 aliphatic carbocycles. The van der Waals surface area contributed by atoms with Gasteiger partial charge in [-0.2, -0.15) is 13.2 Å². The Morgan fingerprint density at radius 1 is 1.18 bits per heavy atom. The van der Waals surface area contributed by atoms with E-state index in [2.05, 4.69) is 0 Å². The van der Waals surface area contributed by atoms with Crippen LogP contribution in [0, 0.1) is 20.8 Å². The average molecular weight is 317 g/mol. The van der Waals surface area contributed by atoms with Crippen LogP contribution in [0.15, 0.2) is 12.1 Å².